The van der Waals surface area contributed by atoms with Crippen molar-refractivity contribution >= 4 is 11.7 Å². The van der Waals surface area contributed by atoms with Crippen molar-refractivity contribution in [1.29, 1.82) is 0 Å². The van der Waals surface area contributed by atoms with Gasteiger partial charge in [0.1, 0.15) is 6.04 Å². The molecule has 0 radical (unpaired) electrons. The normalized spacial score (nSPS) is 19.6. The van der Waals surface area contributed by atoms with E-state index in [1.54, 1.807) is 0 Å². The molecule has 74 valence electrons. The summed E-state index contributed by atoms with van der Waals surface area (Å²) in [4.78, 5) is 10.8. The zero-order valence-corrected chi connectivity index (χ0v) is 8.08. The Kier molecular flexibility index (Phi) is 2.15. The number of aryl methyl sites for hydroxylation is 1. The summed E-state index contributed by atoms with van der Waals surface area (Å²) in [5.41, 5.74) is 3.47. The average Bonchev–Trinajstić information content (AvgIpc) is 2.17. The minimum Gasteiger partial charge on any atom is -0.480 e. The minimum atomic E-state index is -0.767. The number of aliphatic carboxylic acids is 1. The highest BCUT2D eigenvalue weighted by molar-refractivity contribution is 5.79. The first-order valence-corrected chi connectivity index (χ1v) is 4.76. The fraction of sp³-hybridized carbons (Fsp3) is 0.364. The number of benzene rings is 1. The van der Waals surface area contributed by atoms with Crippen molar-refractivity contribution in [2.45, 2.75) is 25.8 Å². The zero-order valence-electron chi connectivity index (χ0n) is 8.08. The molecular formula is C11H13NO2. The Hall–Kier alpha value is -1.51. The van der Waals surface area contributed by atoms with Gasteiger partial charge in [-0.15, -0.1) is 0 Å². The van der Waals surface area contributed by atoms with Gasteiger partial charge in [0.05, 0.1) is 0 Å². The second-order valence-electron chi connectivity index (χ2n) is 3.67. The summed E-state index contributed by atoms with van der Waals surface area (Å²) < 4.78 is 0. The van der Waals surface area contributed by atoms with Gasteiger partial charge in [0, 0.05) is 5.69 Å². The average molecular weight is 191 g/mol. The van der Waals surface area contributed by atoms with Crippen molar-refractivity contribution < 1.29 is 9.90 Å². The van der Waals surface area contributed by atoms with Crippen LogP contribution in [0, 0.1) is 6.92 Å². The molecule has 14 heavy (non-hydrogen) atoms. The Morgan fingerprint density at radius 2 is 2.36 bits per heavy atom. The van der Waals surface area contributed by atoms with Gasteiger partial charge in [0.25, 0.3) is 0 Å². The van der Waals surface area contributed by atoms with Crippen molar-refractivity contribution in [1.82, 2.24) is 0 Å². The molecule has 1 heterocycles. The van der Waals surface area contributed by atoms with Crippen LogP contribution < -0.4 is 5.32 Å². The molecule has 1 aromatic rings. The summed E-state index contributed by atoms with van der Waals surface area (Å²) in [6, 6.07) is 5.52. The second kappa shape index (κ2) is 3.33. The number of carbonyl (C=O) groups is 1. The van der Waals surface area contributed by atoms with Crippen LogP contribution in [0.25, 0.3) is 0 Å². The van der Waals surface area contributed by atoms with Crippen molar-refractivity contribution in [2.24, 2.45) is 0 Å². The van der Waals surface area contributed by atoms with E-state index < -0.39 is 12.0 Å². The molecular weight excluding hydrogens is 178 g/mol. The number of fused-ring (bicyclic) bond motifs is 1. The Morgan fingerprint density at radius 3 is 3.07 bits per heavy atom. The predicted molar refractivity (Wildman–Crippen MR) is 54.5 cm³/mol. The van der Waals surface area contributed by atoms with Gasteiger partial charge in [0.15, 0.2) is 0 Å². The molecule has 1 aromatic carbocycles. The van der Waals surface area contributed by atoms with E-state index in [1.807, 2.05) is 12.1 Å². The number of rotatable bonds is 1. The Balaban J connectivity index is 2.31. The van der Waals surface area contributed by atoms with Gasteiger partial charge in [-0.25, -0.2) is 4.79 Å². The van der Waals surface area contributed by atoms with Crippen molar-refractivity contribution in [2.75, 3.05) is 5.32 Å². The first-order valence-electron chi connectivity index (χ1n) is 4.76. The van der Waals surface area contributed by atoms with E-state index in [0.717, 1.165) is 12.1 Å². The van der Waals surface area contributed by atoms with Gasteiger partial charge in [-0.1, -0.05) is 12.1 Å². The van der Waals surface area contributed by atoms with E-state index in [1.165, 1.54) is 11.1 Å². The molecule has 0 saturated carbocycles. The molecule has 0 fully saturated rings. The van der Waals surface area contributed by atoms with E-state index in [2.05, 4.69) is 18.3 Å². The number of carboxylic acid groups (broad SMARTS) is 1. The lowest BCUT2D eigenvalue weighted by molar-refractivity contribution is -0.138. The summed E-state index contributed by atoms with van der Waals surface area (Å²) in [6.45, 7) is 2.06. The number of nitrogens with one attached hydrogen (secondary N) is 1. The van der Waals surface area contributed by atoms with Crippen LogP contribution in [0.1, 0.15) is 17.5 Å². The quantitative estimate of drug-likeness (QED) is 0.711. The SMILES string of the molecule is Cc1cccc2c1CC[C@H](C(=O)O)N2. The van der Waals surface area contributed by atoms with E-state index in [4.69, 9.17) is 5.11 Å². The van der Waals surface area contributed by atoms with Crippen molar-refractivity contribution in [3.63, 3.8) is 0 Å². The van der Waals surface area contributed by atoms with Crippen molar-refractivity contribution in [3.05, 3.63) is 29.3 Å². The summed E-state index contributed by atoms with van der Waals surface area (Å²) in [6.07, 6.45) is 1.53. The summed E-state index contributed by atoms with van der Waals surface area (Å²) in [5, 5.41) is 11.9. The van der Waals surface area contributed by atoms with Crippen LogP contribution in [-0.4, -0.2) is 17.1 Å². The highest BCUT2D eigenvalue weighted by atomic mass is 16.4. The lowest BCUT2D eigenvalue weighted by atomic mass is 9.94. The molecule has 0 saturated heterocycles. The third kappa shape index (κ3) is 1.45. The zero-order chi connectivity index (χ0) is 10.1. The van der Waals surface area contributed by atoms with Gasteiger partial charge in [-0.05, 0) is 37.0 Å². The maximum Gasteiger partial charge on any atom is 0.326 e. The van der Waals surface area contributed by atoms with E-state index in [0.29, 0.717) is 6.42 Å². The molecule has 2 rings (SSSR count). The predicted octanol–water partition coefficient (Wildman–Crippen LogP) is 1.81. The number of hydrogen-bond acceptors (Lipinski definition) is 2. The van der Waals surface area contributed by atoms with Gasteiger partial charge in [-0.2, -0.15) is 0 Å². The fourth-order valence-electron chi connectivity index (χ4n) is 1.90. The molecule has 2 N–H and O–H groups in total. The van der Waals surface area contributed by atoms with E-state index >= 15 is 0 Å². The summed E-state index contributed by atoms with van der Waals surface area (Å²) in [5.74, 6) is -0.767. The third-order valence-corrected chi connectivity index (χ3v) is 2.72. The van der Waals surface area contributed by atoms with Gasteiger partial charge < -0.3 is 10.4 Å². The largest absolute Gasteiger partial charge is 0.480 e. The second-order valence-corrected chi connectivity index (χ2v) is 3.67. The van der Waals surface area contributed by atoms with Crippen LogP contribution >= 0.6 is 0 Å². The Labute approximate surface area is 82.8 Å². The molecule has 1 atom stereocenters. The van der Waals surface area contributed by atoms with Gasteiger partial charge in [-0.3, -0.25) is 0 Å². The van der Waals surface area contributed by atoms with Crippen LogP contribution in [0.3, 0.4) is 0 Å². The molecule has 0 bridgehead atoms. The molecule has 0 unspecified atom stereocenters. The number of anilines is 1. The molecule has 1 aliphatic rings. The van der Waals surface area contributed by atoms with Gasteiger partial charge in [0.2, 0.25) is 0 Å². The smallest absolute Gasteiger partial charge is 0.326 e. The summed E-state index contributed by atoms with van der Waals surface area (Å²) in [7, 11) is 0. The van der Waals surface area contributed by atoms with Crippen molar-refractivity contribution in [3.8, 4) is 0 Å². The highest BCUT2D eigenvalue weighted by Gasteiger charge is 2.23. The van der Waals surface area contributed by atoms with E-state index in [-0.39, 0.29) is 0 Å². The molecule has 1 aliphatic heterocycles. The lowest BCUT2D eigenvalue weighted by Gasteiger charge is -2.25. The van der Waals surface area contributed by atoms with Crippen LogP contribution in [-0.2, 0) is 11.2 Å². The van der Waals surface area contributed by atoms with Crippen LogP contribution in [0.15, 0.2) is 18.2 Å². The summed E-state index contributed by atoms with van der Waals surface area (Å²) >= 11 is 0. The molecule has 3 heteroatoms. The Bertz CT molecular complexity index is 374. The Morgan fingerprint density at radius 1 is 1.57 bits per heavy atom. The first-order chi connectivity index (χ1) is 6.68. The number of carboxylic acids is 1. The van der Waals surface area contributed by atoms with Crippen LogP contribution in [0.4, 0.5) is 5.69 Å². The molecule has 3 nitrogen and oxygen atoms in total. The fourth-order valence-corrected chi connectivity index (χ4v) is 1.90. The third-order valence-electron chi connectivity index (χ3n) is 2.72. The highest BCUT2D eigenvalue weighted by Crippen LogP contribution is 2.27. The van der Waals surface area contributed by atoms with Crippen LogP contribution in [0.2, 0.25) is 0 Å². The monoisotopic (exact) mass is 191 g/mol. The number of hydrogen-bond donors (Lipinski definition) is 2. The van der Waals surface area contributed by atoms with Crippen LogP contribution in [0.5, 0.6) is 0 Å². The lowest BCUT2D eigenvalue weighted by Crippen LogP contribution is -2.33. The maximum absolute atomic E-state index is 10.8. The minimum absolute atomic E-state index is 0.427. The molecule has 0 amide bonds. The maximum atomic E-state index is 10.8. The molecule has 0 spiro atoms. The van der Waals surface area contributed by atoms with E-state index in [9.17, 15) is 4.79 Å². The van der Waals surface area contributed by atoms with Gasteiger partial charge >= 0.3 is 5.97 Å². The topological polar surface area (TPSA) is 49.3 Å². The molecule has 0 aliphatic carbocycles. The molecule has 0 aromatic heterocycles. The first kappa shape index (κ1) is 9.06. The standard InChI is InChI=1S/C11H13NO2/c1-7-3-2-4-9-8(7)5-6-10(12-9)11(13)14/h2-4,10,12H,5-6H2,1H3,(H,13,14)/t10-/m1/s1.